The first-order valence-corrected chi connectivity index (χ1v) is 7.30. The highest BCUT2D eigenvalue weighted by molar-refractivity contribution is 5.69. The first-order valence-electron chi connectivity index (χ1n) is 7.30. The Labute approximate surface area is 122 Å². The summed E-state index contributed by atoms with van der Waals surface area (Å²) in [6.45, 7) is 2.23. The molecule has 0 aliphatic heterocycles. The molecule has 2 nitrogen and oxygen atoms in total. The molecule has 0 spiro atoms. The Hall–Kier alpha value is -1.96. The molecule has 2 aromatic rings. The second kappa shape index (κ2) is 6.99. The smallest absolute Gasteiger partial charge is 0.0596 e. The summed E-state index contributed by atoms with van der Waals surface area (Å²) in [6, 6.07) is 19.5. The van der Waals surface area contributed by atoms with Crippen molar-refractivity contribution in [1.29, 1.82) is 0 Å². The molecule has 0 saturated heterocycles. The molecule has 1 atom stereocenters. The summed E-state index contributed by atoms with van der Waals surface area (Å²) < 4.78 is 0. The van der Waals surface area contributed by atoms with Gasteiger partial charge in [-0.15, -0.1) is 0 Å². The van der Waals surface area contributed by atoms with Gasteiger partial charge in [0.2, 0.25) is 0 Å². The zero-order valence-corrected chi connectivity index (χ0v) is 12.6. The minimum atomic E-state index is 0.363. The Morgan fingerprint density at radius 3 is 2.25 bits per heavy atom. The highest BCUT2D eigenvalue weighted by Crippen LogP contribution is 2.29. The van der Waals surface area contributed by atoms with Crippen LogP contribution in [0.25, 0.3) is 0 Å². The molecule has 0 amide bonds. The van der Waals surface area contributed by atoms with Gasteiger partial charge in [-0.1, -0.05) is 55.8 Å². The number of benzene rings is 2. The zero-order chi connectivity index (χ0) is 14.4. The highest BCUT2D eigenvalue weighted by atomic mass is 15.1. The van der Waals surface area contributed by atoms with Gasteiger partial charge in [-0.25, -0.2) is 0 Å². The summed E-state index contributed by atoms with van der Waals surface area (Å²) in [5.74, 6) is 0. The normalized spacial score (nSPS) is 11.9. The lowest BCUT2D eigenvalue weighted by molar-refractivity contribution is 0.677. The minimum absolute atomic E-state index is 0.363. The molecule has 0 saturated carbocycles. The molecular weight excluding hydrogens is 244 g/mol. The Morgan fingerprint density at radius 1 is 0.950 bits per heavy atom. The van der Waals surface area contributed by atoms with Crippen molar-refractivity contribution in [2.24, 2.45) is 0 Å². The van der Waals surface area contributed by atoms with Gasteiger partial charge in [-0.05, 0) is 24.1 Å². The summed E-state index contributed by atoms with van der Waals surface area (Å²) in [5, 5.41) is 3.70. The molecular formula is C18H24N2. The number of nitrogens with one attached hydrogen (secondary N) is 1. The summed E-state index contributed by atoms with van der Waals surface area (Å²) >= 11 is 0. The van der Waals surface area contributed by atoms with E-state index < -0.39 is 0 Å². The number of para-hydroxylation sites is 2. The molecule has 2 aromatic carbocycles. The van der Waals surface area contributed by atoms with E-state index in [-0.39, 0.29) is 0 Å². The number of hydrogen-bond donors (Lipinski definition) is 1. The molecule has 0 fully saturated rings. The second-order valence-corrected chi connectivity index (χ2v) is 5.31. The summed E-state index contributed by atoms with van der Waals surface area (Å²) in [7, 11) is 4.16. The standard InChI is InChI=1S/C18H24N2/c1-4-10-16(15-11-6-5-7-12-15)19-17-13-8-9-14-18(17)20(2)3/h5-9,11-14,16,19H,4,10H2,1-3H3. The van der Waals surface area contributed by atoms with Gasteiger partial charge in [0, 0.05) is 14.1 Å². The summed E-state index contributed by atoms with van der Waals surface area (Å²) in [4.78, 5) is 2.15. The van der Waals surface area contributed by atoms with Gasteiger partial charge < -0.3 is 10.2 Å². The average Bonchev–Trinajstić information content (AvgIpc) is 2.48. The molecule has 2 heteroatoms. The van der Waals surface area contributed by atoms with Crippen molar-refractivity contribution in [2.45, 2.75) is 25.8 Å². The molecule has 1 N–H and O–H groups in total. The van der Waals surface area contributed by atoms with E-state index in [0.29, 0.717) is 6.04 Å². The van der Waals surface area contributed by atoms with E-state index in [9.17, 15) is 0 Å². The fourth-order valence-corrected chi connectivity index (χ4v) is 2.47. The van der Waals surface area contributed by atoms with Crippen LogP contribution >= 0.6 is 0 Å². The van der Waals surface area contributed by atoms with Crippen LogP contribution in [0, 0.1) is 0 Å². The van der Waals surface area contributed by atoms with Crippen LogP contribution in [0.5, 0.6) is 0 Å². The second-order valence-electron chi connectivity index (χ2n) is 5.31. The van der Waals surface area contributed by atoms with Crippen molar-refractivity contribution in [1.82, 2.24) is 0 Å². The van der Waals surface area contributed by atoms with Crippen LogP contribution in [0.3, 0.4) is 0 Å². The molecule has 0 aromatic heterocycles. The molecule has 0 bridgehead atoms. The fourth-order valence-electron chi connectivity index (χ4n) is 2.47. The van der Waals surface area contributed by atoms with Crippen molar-refractivity contribution < 1.29 is 0 Å². The lowest BCUT2D eigenvalue weighted by Crippen LogP contribution is -2.15. The Morgan fingerprint density at radius 2 is 1.60 bits per heavy atom. The largest absolute Gasteiger partial charge is 0.377 e. The average molecular weight is 268 g/mol. The van der Waals surface area contributed by atoms with Crippen molar-refractivity contribution in [3.05, 3.63) is 60.2 Å². The van der Waals surface area contributed by atoms with E-state index in [1.807, 2.05) is 0 Å². The van der Waals surface area contributed by atoms with E-state index in [2.05, 4.69) is 85.8 Å². The minimum Gasteiger partial charge on any atom is -0.377 e. The number of nitrogens with zero attached hydrogens (tertiary/aromatic N) is 1. The monoisotopic (exact) mass is 268 g/mol. The van der Waals surface area contributed by atoms with Crippen LogP contribution in [-0.4, -0.2) is 14.1 Å². The first kappa shape index (κ1) is 14.4. The third-order valence-electron chi connectivity index (χ3n) is 3.49. The van der Waals surface area contributed by atoms with Gasteiger partial charge in [-0.3, -0.25) is 0 Å². The molecule has 0 aliphatic carbocycles. The van der Waals surface area contributed by atoms with E-state index >= 15 is 0 Å². The first-order chi connectivity index (χ1) is 9.72. The Kier molecular flexibility index (Phi) is 5.05. The predicted molar refractivity (Wildman–Crippen MR) is 88.5 cm³/mol. The molecule has 20 heavy (non-hydrogen) atoms. The Balaban J connectivity index is 2.25. The predicted octanol–water partition coefficient (Wildman–Crippen LogP) is 4.71. The number of rotatable bonds is 6. The zero-order valence-electron chi connectivity index (χ0n) is 12.6. The maximum Gasteiger partial charge on any atom is 0.0596 e. The topological polar surface area (TPSA) is 15.3 Å². The SMILES string of the molecule is CCCC(Nc1ccccc1N(C)C)c1ccccc1. The van der Waals surface area contributed by atoms with Gasteiger partial charge in [0.1, 0.15) is 0 Å². The van der Waals surface area contributed by atoms with Crippen LogP contribution < -0.4 is 10.2 Å². The summed E-state index contributed by atoms with van der Waals surface area (Å²) in [6.07, 6.45) is 2.29. The highest BCUT2D eigenvalue weighted by Gasteiger charge is 2.12. The van der Waals surface area contributed by atoms with E-state index in [1.165, 1.54) is 16.9 Å². The van der Waals surface area contributed by atoms with Gasteiger partial charge in [0.05, 0.1) is 17.4 Å². The molecule has 0 radical (unpaired) electrons. The molecule has 106 valence electrons. The number of hydrogen-bond acceptors (Lipinski definition) is 2. The molecule has 2 rings (SSSR count). The van der Waals surface area contributed by atoms with Crippen LogP contribution in [0.15, 0.2) is 54.6 Å². The van der Waals surface area contributed by atoms with Crippen LogP contribution in [0.1, 0.15) is 31.4 Å². The van der Waals surface area contributed by atoms with Crippen LogP contribution in [-0.2, 0) is 0 Å². The molecule has 1 unspecified atom stereocenters. The fraction of sp³-hybridized carbons (Fsp3) is 0.333. The van der Waals surface area contributed by atoms with Gasteiger partial charge in [-0.2, -0.15) is 0 Å². The van der Waals surface area contributed by atoms with Gasteiger partial charge in [0.15, 0.2) is 0 Å². The van der Waals surface area contributed by atoms with E-state index in [1.54, 1.807) is 0 Å². The van der Waals surface area contributed by atoms with E-state index in [4.69, 9.17) is 0 Å². The quantitative estimate of drug-likeness (QED) is 0.816. The van der Waals surface area contributed by atoms with E-state index in [0.717, 1.165) is 12.8 Å². The van der Waals surface area contributed by atoms with Gasteiger partial charge in [0.25, 0.3) is 0 Å². The number of anilines is 2. The molecule has 0 aliphatic rings. The van der Waals surface area contributed by atoms with Crippen LogP contribution in [0.4, 0.5) is 11.4 Å². The Bertz CT molecular complexity index is 520. The lowest BCUT2D eigenvalue weighted by Gasteiger charge is -2.24. The van der Waals surface area contributed by atoms with Crippen molar-refractivity contribution in [2.75, 3.05) is 24.3 Å². The maximum atomic E-state index is 3.70. The maximum absolute atomic E-state index is 3.70. The van der Waals surface area contributed by atoms with Crippen molar-refractivity contribution in [3.63, 3.8) is 0 Å². The third-order valence-corrected chi connectivity index (χ3v) is 3.49. The lowest BCUT2D eigenvalue weighted by atomic mass is 10.0. The van der Waals surface area contributed by atoms with Crippen molar-refractivity contribution in [3.8, 4) is 0 Å². The van der Waals surface area contributed by atoms with Gasteiger partial charge >= 0.3 is 0 Å². The van der Waals surface area contributed by atoms with Crippen LogP contribution in [0.2, 0.25) is 0 Å². The summed E-state index contributed by atoms with van der Waals surface area (Å²) in [5.41, 5.74) is 3.77. The molecule has 0 heterocycles. The van der Waals surface area contributed by atoms with Crippen molar-refractivity contribution >= 4 is 11.4 Å². The third kappa shape index (κ3) is 3.53.